The second-order valence-corrected chi connectivity index (χ2v) is 4.90. The van der Waals surface area contributed by atoms with Gasteiger partial charge in [-0.2, -0.15) is 11.8 Å². The number of carbonyl (C=O) groups is 1. The van der Waals surface area contributed by atoms with E-state index in [1.54, 1.807) is 35.8 Å². The van der Waals surface area contributed by atoms with Gasteiger partial charge in [0.15, 0.2) is 5.69 Å². The van der Waals surface area contributed by atoms with Gasteiger partial charge in [-0.1, -0.05) is 6.92 Å². The van der Waals surface area contributed by atoms with E-state index in [1.807, 2.05) is 13.3 Å². The summed E-state index contributed by atoms with van der Waals surface area (Å²) in [5.74, 6) is 1.51. The molecular formula is C12H20N4OS. The second-order valence-electron chi connectivity index (χ2n) is 3.99. The zero-order chi connectivity index (χ0) is 13.5. The Balaban J connectivity index is 2.78. The molecule has 0 fully saturated rings. The highest BCUT2D eigenvalue weighted by atomic mass is 32.2. The van der Waals surface area contributed by atoms with Crippen LogP contribution in [0.1, 0.15) is 23.8 Å². The predicted octanol–water partition coefficient (Wildman–Crippen LogP) is 1.73. The average Bonchev–Trinajstić information content (AvgIpc) is 2.43. The molecule has 18 heavy (non-hydrogen) atoms. The molecule has 0 spiro atoms. The van der Waals surface area contributed by atoms with E-state index in [0.717, 1.165) is 12.2 Å². The lowest BCUT2D eigenvalue weighted by atomic mass is 10.2. The summed E-state index contributed by atoms with van der Waals surface area (Å²) in [5, 5.41) is 10.7. The first kappa shape index (κ1) is 14.8. The summed E-state index contributed by atoms with van der Waals surface area (Å²) < 4.78 is 0. The summed E-state index contributed by atoms with van der Waals surface area (Å²) >= 11 is 1.74. The number of nitrogens with one attached hydrogen (secondary N) is 1. The number of anilines is 1. The Morgan fingerprint density at radius 3 is 2.67 bits per heavy atom. The summed E-state index contributed by atoms with van der Waals surface area (Å²) in [4.78, 5) is 14.0. The molecule has 1 rings (SSSR count). The number of hydrogen-bond acceptors (Lipinski definition) is 5. The summed E-state index contributed by atoms with van der Waals surface area (Å²) in [6, 6.07) is 3.69. The van der Waals surface area contributed by atoms with E-state index in [2.05, 4.69) is 22.4 Å². The van der Waals surface area contributed by atoms with E-state index in [9.17, 15) is 4.79 Å². The molecule has 0 aliphatic carbocycles. The van der Waals surface area contributed by atoms with Crippen LogP contribution >= 0.6 is 11.8 Å². The SMILES string of the molecule is CCC(CSC)N(C)C(=O)c1ccc(NC)nn1. The van der Waals surface area contributed by atoms with Crippen LogP contribution in [0.15, 0.2) is 12.1 Å². The quantitative estimate of drug-likeness (QED) is 0.851. The number of nitrogens with zero attached hydrogens (tertiary/aromatic N) is 3. The fourth-order valence-electron chi connectivity index (χ4n) is 1.62. The van der Waals surface area contributed by atoms with E-state index in [-0.39, 0.29) is 11.9 Å². The van der Waals surface area contributed by atoms with Crippen LogP contribution in [0.3, 0.4) is 0 Å². The van der Waals surface area contributed by atoms with Crippen LogP contribution < -0.4 is 5.32 Å². The van der Waals surface area contributed by atoms with E-state index < -0.39 is 0 Å². The second kappa shape index (κ2) is 7.20. The molecule has 1 atom stereocenters. The van der Waals surface area contributed by atoms with Gasteiger partial charge in [0.25, 0.3) is 5.91 Å². The van der Waals surface area contributed by atoms with E-state index in [4.69, 9.17) is 0 Å². The minimum absolute atomic E-state index is 0.0777. The Morgan fingerprint density at radius 1 is 1.50 bits per heavy atom. The van der Waals surface area contributed by atoms with Crippen LogP contribution in [0.2, 0.25) is 0 Å². The third kappa shape index (κ3) is 3.60. The molecular weight excluding hydrogens is 248 g/mol. The molecule has 0 aromatic carbocycles. The van der Waals surface area contributed by atoms with Gasteiger partial charge in [0.2, 0.25) is 0 Å². The maximum Gasteiger partial charge on any atom is 0.274 e. The van der Waals surface area contributed by atoms with Crippen molar-refractivity contribution >= 4 is 23.5 Å². The van der Waals surface area contributed by atoms with Crippen molar-refractivity contribution in [1.29, 1.82) is 0 Å². The summed E-state index contributed by atoms with van der Waals surface area (Å²) in [7, 11) is 3.59. The van der Waals surface area contributed by atoms with Crippen molar-refractivity contribution in [3.05, 3.63) is 17.8 Å². The highest BCUT2D eigenvalue weighted by Crippen LogP contribution is 2.11. The number of thioether (sulfide) groups is 1. The molecule has 6 heteroatoms. The van der Waals surface area contributed by atoms with Crippen LogP contribution in [-0.4, -0.2) is 53.2 Å². The number of aromatic nitrogens is 2. The Bertz CT molecular complexity index is 382. The van der Waals surface area contributed by atoms with Crippen molar-refractivity contribution in [3.8, 4) is 0 Å². The summed E-state index contributed by atoms with van der Waals surface area (Å²) in [5.41, 5.74) is 0.385. The smallest absolute Gasteiger partial charge is 0.274 e. The maximum atomic E-state index is 12.2. The first-order chi connectivity index (χ1) is 8.63. The number of carbonyl (C=O) groups excluding carboxylic acids is 1. The highest BCUT2D eigenvalue weighted by molar-refractivity contribution is 7.98. The molecule has 0 saturated heterocycles. The number of amides is 1. The first-order valence-electron chi connectivity index (χ1n) is 5.91. The Hall–Kier alpha value is -1.30. The van der Waals surface area contributed by atoms with Crippen molar-refractivity contribution in [2.45, 2.75) is 19.4 Å². The van der Waals surface area contributed by atoms with Gasteiger partial charge in [-0.25, -0.2) is 0 Å². The van der Waals surface area contributed by atoms with E-state index >= 15 is 0 Å². The Labute approximate surface area is 112 Å². The summed E-state index contributed by atoms with van der Waals surface area (Å²) in [6.07, 6.45) is 2.98. The lowest BCUT2D eigenvalue weighted by Gasteiger charge is -2.26. The van der Waals surface area contributed by atoms with E-state index in [1.165, 1.54) is 0 Å². The van der Waals surface area contributed by atoms with E-state index in [0.29, 0.717) is 11.5 Å². The summed E-state index contributed by atoms with van der Waals surface area (Å²) in [6.45, 7) is 2.08. The molecule has 0 bridgehead atoms. The van der Waals surface area contributed by atoms with Gasteiger partial charge in [-0.15, -0.1) is 10.2 Å². The minimum atomic E-state index is -0.0777. The van der Waals surface area contributed by atoms with Crippen LogP contribution in [0.5, 0.6) is 0 Å². The zero-order valence-corrected chi connectivity index (χ0v) is 12.1. The molecule has 0 radical (unpaired) electrons. The van der Waals surface area contributed by atoms with Crippen LogP contribution in [0.4, 0.5) is 5.82 Å². The van der Waals surface area contributed by atoms with Crippen LogP contribution in [0.25, 0.3) is 0 Å². The van der Waals surface area contributed by atoms with Gasteiger partial charge in [0.1, 0.15) is 5.82 Å². The normalized spacial score (nSPS) is 12.0. The van der Waals surface area contributed by atoms with Gasteiger partial charge in [0.05, 0.1) is 0 Å². The average molecular weight is 268 g/mol. The molecule has 0 aliphatic rings. The monoisotopic (exact) mass is 268 g/mol. The first-order valence-corrected chi connectivity index (χ1v) is 7.31. The third-order valence-corrected chi connectivity index (χ3v) is 3.56. The fraction of sp³-hybridized carbons (Fsp3) is 0.583. The predicted molar refractivity (Wildman–Crippen MR) is 76.1 cm³/mol. The molecule has 5 nitrogen and oxygen atoms in total. The standard InChI is InChI=1S/C12H20N4OS/c1-5-9(8-18-4)16(3)12(17)10-6-7-11(13-2)15-14-10/h6-7,9H,5,8H2,1-4H3,(H,13,15). The van der Waals surface area contributed by atoms with Crippen molar-refractivity contribution in [3.63, 3.8) is 0 Å². The molecule has 1 heterocycles. The Morgan fingerprint density at radius 2 is 2.22 bits per heavy atom. The van der Waals surface area contributed by atoms with Crippen molar-refractivity contribution in [2.24, 2.45) is 0 Å². The Kier molecular flexibility index (Phi) is 5.91. The molecule has 1 amide bonds. The third-order valence-electron chi connectivity index (χ3n) is 2.84. The molecule has 1 unspecified atom stereocenters. The largest absolute Gasteiger partial charge is 0.372 e. The fourth-order valence-corrected chi connectivity index (χ4v) is 2.47. The molecule has 1 aromatic heterocycles. The molecule has 1 N–H and O–H groups in total. The number of hydrogen-bond donors (Lipinski definition) is 1. The van der Waals surface area contributed by atoms with Crippen LogP contribution in [-0.2, 0) is 0 Å². The van der Waals surface area contributed by atoms with Gasteiger partial charge in [-0.3, -0.25) is 4.79 Å². The van der Waals surface area contributed by atoms with Gasteiger partial charge < -0.3 is 10.2 Å². The molecule has 0 aliphatic heterocycles. The lowest BCUT2D eigenvalue weighted by molar-refractivity contribution is 0.0736. The topological polar surface area (TPSA) is 58.1 Å². The van der Waals surface area contributed by atoms with Crippen LogP contribution in [0, 0.1) is 0 Å². The van der Waals surface area contributed by atoms with Crippen molar-refractivity contribution < 1.29 is 4.79 Å². The molecule has 1 aromatic rings. The van der Waals surface area contributed by atoms with Gasteiger partial charge in [0, 0.05) is 25.9 Å². The number of rotatable bonds is 6. The maximum absolute atomic E-state index is 12.2. The molecule has 100 valence electrons. The zero-order valence-electron chi connectivity index (χ0n) is 11.3. The van der Waals surface area contributed by atoms with Gasteiger partial charge >= 0.3 is 0 Å². The minimum Gasteiger partial charge on any atom is -0.372 e. The van der Waals surface area contributed by atoms with Crippen molar-refractivity contribution in [2.75, 3.05) is 31.4 Å². The highest BCUT2D eigenvalue weighted by Gasteiger charge is 2.20. The lowest BCUT2D eigenvalue weighted by Crippen LogP contribution is -2.38. The van der Waals surface area contributed by atoms with Crippen molar-refractivity contribution in [1.82, 2.24) is 15.1 Å². The molecule has 0 saturated carbocycles. The van der Waals surface area contributed by atoms with Gasteiger partial charge in [-0.05, 0) is 24.8 Å².